The highest BCUT2D eigenvalue weighted by Gasteiger charge is 2.33. The number of amides is 2. The lowest BCUT2D eigenvalue weighted by molar-refractivity contribution is -0.121. The summed E-state index contributed by atoms with van der Waals surface area (Å²) in [6.45, 7) is 2.28. The average Bonchev–Trinajstić information content (AvgIpc) is 3.41. The normalized spacial score (nSPS) is 22.5. The summed E-state index contributed by atoms with van der Waals surface area (Å²) in [6, 6.07) is 1.85. The van der Waals surface area contributed by atoms with Crippen LogP contribution in [0.3, 0.4) is 0 Å². The minimum atomic E-state index is -0.263. The van der Waals surface area contributed by atoms with E-state index in [4.69, 9.17) is 4.74 Å². The fourth-order valence-electron chi connectivity index (χ4n) is 3.41. The highest BCUT2D eigenvalue weighted by atomic mass is 16.5. The number of nitrogens with zero attached hydrogens (tertiary/aromatic N) is 4. The fourth-order valence-corrected chi connectivity index (χ4v) is 3.41. The molecule has 8 heteroatoms. The molecule has 2 amide bonds. The first-order valence-electron chi connectivity index (χ1n) is 9.33. The van der Waals surface area contributed by atoms with Gasteiger partial charge in [0.1, 0.15) is 12.4 Å². The van der Waals surface area contributed by atoms with Crippen molar-refractivity contribution in [1.82, 2.24) is 9.78 Å². The van der Waals surface area contributed by atoms with Crippen molar-refractivity contribution in [3.8, 4) is 0 Å². The molecule has 1 N–H and O–H groups in total. The molecule has 0 aromatic carbocycles. The third-order valence-corrected chi connectivity index (χ3v) is 4.95. The first-order valence-corrected chi connectivity index (χ1v) is 9.33. The number of hydrogen-bond donors (Lipinski definition) is 1. The second-order valence-corrected chi connectivity index (χ2v) is 6.98. The Hall–Kier alpha value is -2.35. The summed E-state index contributed by atoms with van der Waals surface area (Å²) in [6.07, 6.45) is 5.89. The van der Waals surface area contributed by atoms with Gasteiger partial charge in [-0.05, 0) is 39.0 Å². The number of ether oxygens (including phenoxy) is 1. The van der Waals surface area contributed by atoms with Crippen molar-refractivity contribution in [3.05, 3.63) is 11.8 Å². The molecule has 0 radical (unpaired) electrons. The van der Waals surface area contributed by atoms with Crippen molar-refractivity contribution in [3.63, 3.8) is 0 Å². The van der Waals surface area contributed by atoms with Crippen molar-refractivity contribution in [1.29, 1.82) is 0 Å². The van der Waals surface area contributed by atoms with E-state index in [-0.39, 0.29) is 30.3 Å². The van der Waals surface area contributed by atoms with Crippen LogP contribution < -0.4 is 5.32 Å². The molecule has 0 bridgehead atoms. The average molecular weight is 357 g/mol. The molecule has 8 nitrogen and oxygen atoms in total. The van der Waals surface area contributed by atoms with Gasteiger partial charge in [0.2, 0.25) is 0 Å². The van der Waals surface area contributed by atoms with Gasteiger partial charge in [0.25, 0.3) is 17.8 Å². The van der Waals surface area contributed by atoms with Gasteiger partial charge in [-0.3, -0.25) is 9.59 Å². The molecule has 4 rings (SSSR count). The molecule has 2 aliphatic carbocycles. The predicted molar refractivity (Wildman–Crippen MR) is 96.6 cm³/mol. The molecule has 0 spiro atoms. The summed E-state index contributed by atoms with van der Waals surface area (Å²) < 4.78 is 6.65. The highest BCUT2D eigenvalue weighted by molar-refractivity contribution is 6.16. The van der Waals surface area contributed by atoms with Crippen LogP contribution in [0.15, 0.2) is 16.1 Å². The van der Waals surface area contributed by atoms with Crippen LogP contribution >= 0.6 is 0 Å². The Balaban J connectivity index is 1.63. The van der Waals surface area contributed by atoms with E-state index in [1.807, 2.05) is 13.0 Å². The Labute approximate surface area is 151 Å². The van der Waals surface area contributed by atoms with Gasteiger partial charge in [0, 0.05) is 24.3 Å². The Morgan fingerprint density at radius 3 is 2.92 bits per heavy atom. The number of anilines is 1. The van der Waals surface area contributed by atoms with Crippen LogP contribution in [0.25, 0.3) is 0 Å². The molecule has 2 fully saturated rings. The number of carbonyl (C=O) groups excluding carboxylic acids is 2. The highest BCUT2D eigenvalue weighted by Crippen LogP contribution is 2.40. The lowest BCUT2D eigenvalue weighted by Gasteiger charge is -2.24. The van der Waals surface area contributed by atoms with Crippen molar-refractivity contribution < 1.29 is 14.3 Å². The smallest absolute Gasteiger partial charge is 0.257 e. The number of rotatable bonds is 5. The Kier molecular flexibility index (Phi) is 4.67. The Morgan fingerprint density at radius 1 is 1.31 bits per heavy atom. The number of nitrogens with one attached hydrogen (secondary N) is 1. The van der Waals surface area contributed by atoms with E-state index in [0.29, 0.717) is 18.3 Å². The van der Waals surface area contributed by atoms with Gasteiger partial charge in [-0.25, -0.2) is 4.99 Å². The van der Waals surface area contributed by atoms with Gasteiger partial charge in [-0.15, -0.1) is 0 Å². The molecule has 2 heterocycles. The van der Waals surface area contributed by atoms with Crippen LogP contribution in [-0.4, -0.2) is 46.5 Å². The van der Waals surface area contributed by atoms with E-state index in [2.05, 4.69) is 20.4 Å². The van der Waals surface area contributed by atoms with E-state index in [1.54, 1.807) is 0 Å². The van der Waals surface area contributed by atoms with Crippen molar-refractivity contribution in [2.24, 2.45) is 15.9 Å². The molecular weight excluding hydrogens is 334 g/mol. The van der Waals surface area contributed by atoms with Crippen molar-refractivity contribution in [2.75, 3.05) is 18.5 Å². The van der Waals surface area contributed by atoms with Crippen LogP contribution in [0.2, 0.25) is 0 Å². The van der Waals surface area contributed by atoms with Gasteiger partial charge < -0.3 is 10.1 Å². The molecule has 1 aliphatic heterocycles. The lowest BCUT2D eigenvalue weighted by atomic mass is 9.86. The molecule has 3 aliphatic rings. The second-order valence-electron chi connectivity index (χ2n) is 6.98. The standard InChI is InChI=1S/C18H23N5O3/c1-2-26-10-16(24)20-15-9-14(11-7-8-11)22-23(15)18-19-13-6-4-3-5-12(13)17(25)21-18/h9,11-12H,2-8,10H2,1H3,(H,20,24). The Bertz CT molecular complexity index is 791. The van der Waals surface area contributed by atoms with Gasteiger partial charge >= 0.3 is 0 Å². The second kappa shape index (κ2) is 7.11. The van der Waals surface area contributed by atoms with Crippen molar-refractivity contribution in [2.45, 2.75) is 51.4 Å². The van der Waals surface area contributed by atoms with E-state index >= 15 is 0 Å². The van der Waals surface area contributed by atoms with Crippen LogP contribution in [0.1, 0.15) is 57.1 Å². The monoisotopic (exact) mass is 357 g/mol. The minimum Gasteiger partial charge on any atom is -0.372 e. The summed E-state index contributed by atoms with van der Waals surface area (Å²) >= 11 is 0. The number of aliphatic imine (C=N–C) groups is 2. The Morgan fingerprint density at radius 2 is 2.15 bits per heavy atom. The number of fused-ring (bicyclic) bond motifs is 1. The number of hydrogen-bond acceptors (Lipinski definition) is 5. The zero-order valence-electron chi connectivity index (χ0n) is 14.9. The topological polar surface area (TPSA) is 97.9 Å². The maximum absolute atomic E-state index is 12.4. The van der Waals surface area contributed by atoms with E-state index in [0.717, 1.165) is 49.9 Å². The molecule has 1 unspecified atom stereocenters. The van der Waals surface area contributed by atoms with Gasteiger partial charge in [-0.2, -0.15) is 14.8 Å². The van der Waals surface area contributed by atoms with Gasteiger partial charge in [0.05, 0.1) is 11.6 Å². The molecule has 1 aromatic heterocycles. The summed E-state index contributed by atoms with van der Waals surface area (Å²) in [5.41, 5.74) is 1.79. The number of aromatic nitrogens is 2. The third kappa shape index (κ3) is 3.46. The fraction of sp³-hybridized carbons (Fsp3) is 0.611. The van der Waals surface area contributed by atoms with E-state index in [9.17, 15) is 9.59 Å². The van der Waals surface area contributed by atoms with Crippen molar-refractivity contribution >= 4 is 29.3 Å². The summed E-state index contributed by atoms with van der Waals surface area (Å²) in [4.78, 5) is 33.3. The third-order valence-electron chi connectivity index (χ3n) is 4.95. The lowest BCUT2D eigenvalue weighted by Crippen LogP contribution is -2.34. The van der Waals surface area contributed by atoms with Gasteiger partial charge in [-0.1, -0.05) is 6.42 Å². The maximum Gasteiger partial charge on any atom is 0.257 e. The number of carbonyl (C=O) groups is 2. The van der Waals surface area contributed by atoms with E-state index in [1.165, 1.54) is 4.68 Å². The molecule has 0 saturated heterocycles. The van der Waals surface area contributed by atoms with E-state index < -0.39 is 0 Å². The zero-order chi connectivity index (χ0) is 18.1. The molecule has 1 aromatic rings. The molecule has 2 saturated carbocycles. The quantitative estimate of drug-likeness (QED) is 0.872. The minimum absolute atomic E-state index is 0.0254. The SMILES string of the molecule is CCOCC(=O)Nc1cc(C2CC2)nn1C1=NC(=O)C2CCCCC2=N1. The van der Waals surface area contributed by atoms with Crippen LogP contribution in [0.4, 0.5) is 5.82 Å². The summed E-state index contributed by atoms with van der Waals surface area (Å²) in [5, 5.41) is 7.38. The first-order chi connectivity index (χ1) is 12.7. The largest absolute Gasteiger partial charge is 0.372 e. The molecule has 26 heavy (non-hydrogen) atoms. The zero-order valence-corrected chi connectivity index (χ0v) is 14.9. The van der Waals surface area contributed by atoms with Crippen LogP contribution in [-0.2, 0) is 14.3 Å². The summed E-state index contributed by atoms with van der Waals surface area (Å²) in [7, 11) is 0. The van der Waals surface area contributed by atoms with Gasteiger partial charge in [0.15, 0.2) is 0 Å². The maximum atomic E-state index is 12.4. The molecule has 1 atom stereocenters. The van der Waals surface area contributed by atoms with Crippen LogP contribution in [0, 0.1) is 5.92 Å². The molecule has 138 valence electrons. The summed E-state index contributed by atoms with van der Waals surface area (Å²) in [5.74, 6) is 0.556. The predicted octanol–water partition coefficient (Wildman–Crippen LogP) is 2.11. The first kappa shape index (κ1) is 17.1. The molecular formula is C18H23N5O3. The van der Waals surface area contributed by atoms with Crippen LogP contribution in [0.5, 0.6) is 0 Å².